The summed E-state index contributed by atoms with van der Waals surface area (Å²) in [7, 11) is 0. The summed E-state index contributed by atoms with van der Waals surface area (Å²) in [4.78, 5) is 0. The first kappa shape index (κ1) is 24700. The Balaban J connectivity index is 0. The van der Waals surface area contributed by atoms with Gasteiger partial charge in [-0.1, -0.05) is 74.3 Å². The van der Waals surface area contributed by atoms with Crippen molar-refractivity contribution in [3.05, 3.63) is 0 Å². The van der Waals surface area contributed by atoms with Gasteiger partial charge in [-0.2, -0.15) is 0 Å². The van der Waals surface area contributed by atoms with Gasteiger partial charge in [-0.05, 0) is 0 Å². The molecule has 22 heavy (non-hydrogen) atoms. The molecule has 0 saturated heterocycles. The molecule has 0 radical (unpaired) electrons. The summed E-state index contributed by atoms with van der Waals surface area (Å²) in [6.45, 7) is 0. The van der Waals surface area contributed by atoms with Gasteiger partial charge < -0.3 is 49.2 Å². The van der Waals surface area contributed by atoms with Crippen LogP contribution in [0.5, 0.6) is 0 Å². The number of halogens is 4. The molecule has 0 aromatic rings. The third-order valence-corrected chi connectivity index (χ3v) is 0. The molecule has 0 rings (SSSR count). The van der Waals surface area contributed by atoms with Crippen molar-refractivity contribution in [3.8, 4) is 0 Å². The number of hydrogen-bond donors (Lipinski definition) is 8. The van der Waals surface area contributed by atoms with Crippen LogP contribution in [-0.2, 0) is 0 Å². The molecule has 0 aliphatic heterocycles. The van der Waals surface area contributed by atoms with Gasteiger partial charge in [-0.15, -0.1) is 0 Å². The van der Waals surface area contributed by atoms with Crippen molar-refractivity contribution in [3.63, 3.8) is 0 Å². The van der Waals surface area contributed by atoms with Crippen LogP contribution in [0.15, 0.2) is 0 Å². The molecule has 8 nitrogen and oxygen atoms in total. The van der Waals surface area contributed by atoms with Crippen molar-refractivity contribution >= 4 is 0 Å². The minimum absolute atomic E-state index is 0. The first-order chi connectivity index (χ1) is 0. The molecule has 0 heterocycles. The highest BCUT2D eigenvalue weighted by molar-refractivity contribution is 2.51. The number of hydrogen-bond acceptors (Lipinski definition) is 8. The van der Waals surface area contributed by atoms with Crippen molar-refractivity contribution in [1.82, 2.24) is 49.2 Å². The van der Waals surface area contributed by atoms with Crippen LogP contribution in [0.1, 0.15) is 74.3 Å². The third kappa shape index (κ3) is 18200. The summed E-state index contributed by atoms with van der Waals surface area (Å²) < 4.78 is 0. The molecule has 0 amide bonds. The lowest BCUT2D eigenvalue weighted by molar-refractivity contribution is 1.11. The Morgan fingerprint density at radius 1 is 0.136 bits per heavy atom. The van der Waals surface area contributed by atoms with Gasteiger partial charge >= 0.3 is 0 Å². The summed E-state index contributed by atoms with van der Waals surface area (Å²) in [5.74, 6) is 0. The second kappa shape index (κ2) is 21300. The predicted molar refractivity (Wildman–Crippen MR) is 117 cm³/mol. The van der Waals surface area contributed by atoms with Crippen LogP contribution < -0.4 is 49.2 Å². The molecule has 0 bridgehead atoms. The highest BCUT2D eigenvalue weighted by atomic mass is 19.0. The van der Waals surface area contributed by atoms with E-state index in [4.69, 9.17) is 0 Å². The standard InChI is InChI=1S/10CH4.4FH.8H3N/h10*1H4;4*1H;8*1H3. The molecule has 0 saturated carbocycles. The topological polar surface area (TPSA) is 280 Å². The molecule has 0 spiro atoms. The van der Waals surface area contributed by atoms with Crippen LogP contribution in [0.3, 0.4) is 0 Å². The van der Waals surface area contributed by atoms with Gasteiger partial charge in [-0.3, -0.25) is 18.8 Å². The van der Waals surface area contributed by atoms with Gasteiger partial charge in [-0.25, -0.2) is 0 Å². The largest absolute Gasteiger partial charge is 0.344 e. The fourth-order valence-corrected chi connectivity index (χ4v) is 0. The van der Waals surface area contributed by atoms with Gasteiger partial charge in [0.2, 0.25) is 0 Å². The van der Waals surface area contributed by atoms with Gasteiger partial charge in [0.05, 0.1) is 0 Å². The monoisotopic (exact) mass is 377 g/mol. The maximum atomic E-state index is 0. The molecule has 0 aliphatic rings. The minimum atomic E-state index is 0. The lowest BCUT2D eigenvalue weighted by Crippen LogP contribution is -0.482. The van der Waals surface area contributed by atoms with E-state index in [9.17, 15) is 0 Å². The average Bonchev–Trinajstić information content (AvgIpc) is 0. The maximum absolute atomic E-state index is 0. The van der Waals surface area contributed by atoms with E-state index in [1.54, 1.807) is 0 Å². The minimum Gasteiger partial charge on any atom is -0.344 e. The first-order valence-corrected chi connectivity index (χ1v) is 0. The summed E-state index contributed by atoms with van der Waals surface area (Å²) in [5.41, 5.74) is 0. The molecular weight excluding hydrogens is 308 g/mol. The molecule has 12 heteroatoms. The highest BCUT2D eigenvalue weighted by Gasteiger charge is -0.0680. The second-order valence-electron chi connectivity index (χ2n) is 0. The van der Waals surface area contributed by atoms with Gasteiger partial charge in [0, 0.05) is 0 Å². The Labute approximate surface area is 143 Å². The Hall–Kier alpha value is -0.600. The number of rotatable bonds is 0. The molecule has 0 unspecified atom stereocenters. The fraction of sp³-hybridized carbons (Fsp3) is 1.00. The first-order valence-electron chi connectivity index (χ1n) is 0. The summed E-state index contributed by atoms with van der Waals surface area (Å²) in [6.07, 6.45) is 0. The zero-order valence-corrected chi connectivity index (χ0v) is 7.29. The van der Waals surface area contributed by atoms with Crippen LogP contribution >= 0.6 is 0 Å². The van der Waals surface area contributed by atoms with Crippen molar-refractivity contribution in [2.24, 2.45) is 0 Å². The van der Waals surface area contributed by atoms with Crippen molar-refractivity contribution in [2.75, 3.05) is 0 Å². The third-order valence-electron chi connectivity index (χ3n) is 0. The van der Waals surface area contributed by atoms with Crippen LogP contribution in [0.25, 0.3) is 0 Å². The Morgan fingerprint density at radius 2 is 0.136 bits per heavy atom. The predicted octanol–water partition coefficient (Wildman–Crippen LogP) is 8.27. The Morgan fingerprint density at radius 3 is 0.136 bits per heavy atom. The molecular formula is C10H68F4N8. The SMILES string of the molecule is C.C.C.C.C.C.C.C.C.C.F.F.F.F.N.N.N.N.N.N.N.N. The maximum Gasteiger partial charge on any atom is -0.0776 e. The molecule has 0 atom stereocenters. The lowest BCUT2D eigenvalue weighted by atomic mass is 12.0. The van der Waals surface area contributed by atoms with Crippen molar-refractivity contribution < 1.29 is 18.8 Å². The van der Waals surface area contributed by atoms with E-state index in [1.165, 1.54) is 0 Å². The van der Waals surface area contributed by atoms with Crippen LogP contribution in [0.4, 0.5) is 18.8 Å². The van der Waals surface area contributed by atoms with E-state index in [1.807, 2.05) is 0 Å². The summed E-state index contributed by atoms with van der Waals surface area (Å²) in [6, 6.07) is 0. The van der Waals surface area contributed by atoms with Crippen LogP contribution in [-0.4, -0.2) is 0 Å². The van der Waals surface area contributed by atoms with Crippen molar-refractivity contribution in [1.29, 1.82) is 0 Å². The normalized spacial score (nSPS) is 0. The molecule has 0 fully saturated rings. The fourth-order valence-electron chi connectivity index (χ4n) is 0. The molecule has 0 aliphatic carbocycles. The van der Waals surface area contributed by atoms with Gasteiger partial charge in [0.15, 0.2) is 0 Å². The quantitative estimate of drug-likeness (QED) is 0.189. The highest BCUT2D eigenvalue weighted by Crippen LogP contribution is 0.423. The van der Waals surface area contributed by atoms with E-state index in [-0.39, 0.29) is 142 Å². The van der Waals surface area contributed by atoms with Gasteiger partial charge in [0.25, 0.3) is 0 Å². The zero-order chi connectivity index (χ0) is 0. The van der Waals surface area contributed by atoms with E-state index >= 15 is 0 Å². The Kier molecular flexibility index (Phi) is 24000000. The Bertz CT molecular complexity index is 32.9. The van der Waals surface area contributed by atoms with E-state index < -0.39 is 0 Å². The van der Waals surface area contributed by atoms with E-state index in [0.29, 0.717) is 0 Å². The smallest absolute Gasteiger partial charge is 0.0776 e. The molecule has 0 aromatic carbocycles. The molecule has 176 valence electrons. The average molecular weight is 377 g/mol. The summed E-state index contributed by atoms with van der Waals surface area (Å²) >= 11 is 0. The summed E-state index contributed by atoms with van der Waals surface area (Å²) in [5, 5.41) is 0. The van der Waals surface area contributed by atoms with E-state index in [2.05, 4.69) is 0 Å². The van der Waals surface area contributed by atoms with E-state index in [0.717, 1.165) is 0 Å². The molecule has 0 aromatic heterocycles. The zero-order valence-electron chi connectivity index (χ0n) is 7.29. The lowest BCUT2D eigenvalue weighted by Gasteiger charge is -0.345. The van der Waals surface area contributed by atoms with Crippen LogP contribution in [0, 0.1) is 0 Å². The molecule has 24 N–H and O–H groups in total. The van der Waals surface area contributed by atoms with Crippen molar-refractivity contribution in [2.45, 2.75) is 74.3 Å². The van der Waals surface area contributed by atoms with Crippen LogP contribution in [0.2, 0.25) is 0 Å². The second-order valence-corrected chi connectivity index (χ2v) is 0. The van der Waals surface area contributed by atoms with Gasteiger partial charge in [0.1, 0.15) is 0 Å².